The number of nitrogens with one attached hydrogen (secondary N) is 2. The van der Waals surface area contributed by atoms with Gasteiger partial charge in [-0.3, -0.25) is 9.59 Å². The second-order valence-electron chi connectivity index (χ2n) is 9.92. The fourth-order valence-electron chi connectivity index (χ4n) is 4.14. The van der Waals surface area contributed by atoms with Gasteiger partial charge in [0, 0.05) is 42.7 Å². The normalized spacial score (nSPS) is 14.4. The molecule has 2 N–H and O–H groups in total. The summed E-state index contributed by atoms with van der Waals surface area (Å²) in [5.41, 5.74) is 3.73. The number of Topliss-reactive ketones (excluding diaryl/α,β-unsaturated/α-hetero) is 1. The van der Waals surface area contributed by atoms with Crippen LogP contribution in [0.15, 0.2) is 48.5 Å². The Kier molecular flexibility index (Phi) is 8.85. The van der Waals surface area contributed by atoms with E-state index in [2.05, 4.69) is 36.6 Å². The number of hydrogen-bond donors (Lipinski definition) is 2. The number of rotatable bonds is 8. The van der Waals surface area contributed by atoms with Crippen LogP contribution in [-0.2, 0) is 17.8 Å². The molecule has 0 saturated carbocycles. The summed E-state index contributed by atoms with van der Waals surface area (Å²) in [7, 11) is 0. The first-order valence-electron chi connectivity index (χ1n) is 12.3. The molecule has 3 rings (SSSR count). The lowest BCUT2D eigenvalue weighted by atomic mass is 9.88. The summed E-state index contributed by atoms with van der Waals surface area (Å²) in [4.78, 5) is 39.1. The molecule has 0 aromatic heterocycles. The van der Waals surface area contributed by atoms with Gasteiger partial charge >= 0.3 is 6.03 Å². The largest absolute Gasteiger partial charge is 0.334 e. The maximum Gasteiger partial charge on any atom is 0.317 e. The molecule has 0 aliphatic carbocycles. The van der Waals surface area contributed by atoms with Crippen molar-refractivity contribution in [3.63, 3.8) is 0 Å². The first-order chi connectivity index (χ1) is 16.2. The van der Waals surface area contributed by atoms with Crippen LogP contribution in [0.3, 0.4) is 0 Å². The zero-order valence-electron chi connectivity index (χ0n) is 20.8. The van der Waals surface area contributed by atoms with Gasteiger partial charge in [-0.05, 0) is 48.4 Å². The monoisotopic (exact) mass is 463 g/mol. The fourth-order valence-corrected chi connectivity index (χ4v) is 4.14. The highest BCUT2D eigenvalue weighted by atomic mass is 16.2. The molecule has 1 heterocycles. The number of carbonyl (C=O) groups is 3. The van der Waals surface area contributed by atoms with Crippen molar-refractivity contribution < 1.29 is 14.4 Å². The Hall–Kier alpha value is -3.15. The van der Waals surface area contributed by atoms with Gasteiger partial charge in [0.1, 0.15) is 0 Å². The molecule has 1 aliphatic rings. The summed E-state index contributed by atoms with van der Waals surface area (Å²) >= 11 is 0. The van der Waals surface area contributed by atoms with Gasteiger partial charge in [0.25, 0.3) is 0 Å². The van der Waals surface area contributed by atoms with Crippen molar-refractivity contribution in [3.05, 3.63) is 65.2 Å². The van der Waals surface area contributed by atoms with Crippen molar-refractivity contribution in [2.75, 3.05) is 18.4 Å². The maximum absolute atomic E-state index is 12.9. The predicted octanol–water partition coefficient (Wildman–Crippen LogP) is 5.28. The van der Waals surface area contributed by atoms with Crippen LogP contribution in [0.5, 0.6) is 0 Å². The van der Waals surface area contributed by atoms with E-state index >= 15 is 0 Å². The molecular formula is C28H37N3O3. The van der Waals surface area contributed by atoms with Crippen LogP contribution < -0.4 is 10.6 Å². The molecule has 0 atom stereocenters. The van der Waals surface area contributed by atoms with Crippen molar-refractivity contribution >= 4 is 23.4 Å². The van der Waals surface area contributed by atoms with E-state index in [-0.39, 0.29) is 29.6 Å². The minimum Gasteiger partial charge on any atom is -0.334 e. The molecule has 182 valence electrons. The Labute approximate surface area is 203 Å². The van der Waals surface area contributed by atoms with E-state index in [4.69, 9.17) is 0 Å². The highest BCUT2D eigenvalue weighted by molar-refractivity contribution is 5.98. The van der Waals surface area contributed by atoms with E-state index in [1.165, 1.54) is 5.56 Å². The van der Waals surface area contributed by atoms with Crippen LogP contribution in [0.4, 0.5) is 10.5 Å². The lowest BCUT2D eigenvalue weighted by molar-refractivity contribution is -0.118. The zero-order chi connectivity index (χ0) is 24.7. The van der Waals surface area contributed by atoms with E-state index in [0.29, 0.717) is 38.4 Å². The second kappa shape index (κ2) is 11.8. The van der Waals surface area contributed by atoms with Crippen LogP contribution in [-0.4, -0.2) is 35.7 Å². The number of carbonyl (C=O) groups excluding carboxylic acids is 3. The van der Waals surface area contributed by atoms with Crippen LogP contribution in [0.25, 0.3) is 0 Å². The molecule has 0 unspecified atom stereocenters. The minimum atomic E-state index is -0.110. The van der Waals surface area contributed by atoms with Gasteiger partial charge in [0.2, 0.25) is 5.91 Å². The molecule has 1 aliphatic heterocycles. The van der Waals surface area contributed by atoms with Crippen molar-refractivity contribution in [2.45, 2.75) is 53.5 Å². The van der Waals surface area contributed by atoms with Gasteiger partial charge in [-0.1, -0.05) is 64.1 Å². The summed E-state index contributed by atoms with van der Waals surface area (Å²) in [6.07, 6.45) is 2.38. The molecule has 34 heavy (non-hydrogen) atoms. The lowest BCUT2D eigenvalue weighted by Gasteiger charge is -2.31. The first kappa shape index (κ1) is 25.5. The smallest absolute Gasteiger partial charge is 0.317 e. The third-order valence-corrected chi connectivity index (χ3v) is 6.22. The Balaban J connectivity index is 1.43. The molecule has 2 aromatic carbocycles. The number of ketones is 1. The summed E-state index contributed by atoms with van der Waals surface area (Å²) in [5.74, 6) is 0.642. The molecule has 3 amide bonds. The molecule has 1 fully saturated rings. The average Bonchev–Trinajstić information content (AvgIpc) is 2.83. The highest BCUT2D eigenvalue weighted by Gasteiger charge is 2.27. The van der Waals surface area contributed by atoms with Crippen LogP contribution >= 0.6 is 0 Å². The first-order valence-corrected chi connectivity index (χ1v) is 12.3. The Bertz CT molecular complexity index is 973. The number of nitrogens with zero attached hydrogens (tertiary/aromatic N) is 1. The summed E-state index contributed by atoms with van der Waals surface area (Å²) < 4.78 is 0. The van der Waals surface area contributed by atoms with E-state index in [1.54, 1.807) is 4.90 Å². The van der Waals surface area contributed by atoms with Crippen molar-refractivity contribution in [3.8, 4) is 0 Å². The van der Waals surface area contributed by atoms with Crippen LogP contribution in [0, 0.1) is 17.8 Å². The third kappa shape index (κ3) is 7.17. The maximum atomic E-state index is 12.9. The van der Waals surface area contributed by atoms with Gasteiger partial charge in [0.05, 0.1) is 0 Å². The number of urea groups is 1. The van der Waals surface area contributed by atoms with Crippen LogP contribution in [0.2, 0.25) is 0 Å². The lowest BCUT2D eigenvalue weighted by Crippen LogP contribution is -2.45. The van der Waals surface area contributed by atoms with Gasteiger partial charge in [-0.15, -0.1) is 0 Å². The zero-order valence-corrected chi connectivity index (χ0v) is 20.8. The third-order valence-electron chi connectivity index (χ3n) is 6.22. The average molecular weight is 464 g/mol. The number of likely N-dealkylation sites (tertiary alicyclic amines) is 1. The Morgan fingerprint density at radius 1 is 0.882 bits per heavy atom. The highest BCUT2D eigenvalue weighted by Crippen LogP contribution is 2.23. The molecule has 2 aromatic rings. The molecule has 0 radical (unpaired) electrons. The van der Waals surface area contributed by atoms with Gasteiger partial charge in [-0.2, -0.15) is 0 Å². The van der Waals surface area contributed by atoms with Gasteiger partial charge in [-0.25, -0.2) is 4.79 Å². The van der Waals surface area contributed by atoms with Gasteiger partial charge in [0.15, 0.2) is 5.78 Å². The number of anilines is 1. The van der Waals surface area contributed by atoms with E-state index in [0.717, 1.165) is 23.2 Å². The fraction of sp³-hybridized carbons (Fsp3) is 0.464. The minimum absolute atomic E-state index is 0.0221. The van der Waals surface area contributed by atoms with Crippen molar-refractivity contribution in [2.24, 2.45) is 17.8 Å². The molecule has 0 bridgehead atoms. The van der Waals surface area contributed by atoms with E-state index in [9.17, 15) is 14.4 Å². The number of piperidine rings is 1. The number of benzene rings is 2. The standard InChI is InChI=1S/C28H37N3O3/c1-19(2)17-21-5-9-23(10-6-21)26(32)24-13-15-31(16-14-24)28(34)29-18-22-7-11-25(12-8-22)30-27(33)20(3)4/h5-12,19-20,24H,13-18H2,1-4H3,(H,29,34)(H,30,33). The summed E-state index contributed by atoms with van der Waals surface area (Å²) in [6, 6.07) is 15.4. The van der Waals surface area contributed by atoms with Crippen LogP contribution in [0.1, 0.15) is 62.0 Å². The Morgan fingerprint density at radius 2 is 1.47 bits per heavy atom. The van der Waals surface area contributed by atoms with Crippen molar-refractivity contribution in [1.29, 1.82) is 0 Å². The quantitative estimate of drug-likeness (QED) is 0.523. The number of hydrogen-bond acceptors (Lipinski definition) is 3. The molecule has 1 saturated heterocycles. The van der Waals surface area contributed by atoms with Crippen molar-refractivity contribution in [1.82, 2.24) is 10.2 Å². The van der Waals surface area contributed by atoms with E-state index in [1.807, 2.05) is 50.2 Å². The summed E-state index contributed by atoms with van der Waals surface area (Å²) in [5, 5.41) is 5.82. The van der Waals surface area contributed by atoms with E-state index < -0.39 is 0 Å². The SMILES string of the molecule is CC(C)Cc1ccc(C(=O)C2CCN(C(=O)NCc3ccc(NC(=O)C(C)C)cc3)CC2)cc1. The second-order valence-corrected chi connectivity index (χ2v) is 9.92. The topological polar surface area (TPSA) is 78.5 Å². The predicted molar refractivity (Wildman–Crippen MR) is 136 cm³/mol. The molecule has 6 heteroatoms. The summed E-state index contributed by atoms with van der Waals surface area (Å²) in [6.45, 7) is 9.65. The molecule has 6 nitrogen and oxygen atoms in total. The Morgan fingerprint density at radius 3 is 2.03 bits per heavy atom. The number of amides is 3. The molecule has 0 spiro atoms. The van der Waals surface area contributed by atoms with Gasteiger partial charge < -0.3 is 15.5 Å². The molecular weight excluding hydrogens is 426 g/mol.